The number of hydrogen-bond donors (Lipinski definition) is 2. The molecule has 3 aromatic rings. The van der Waals surface area contributed by atoms with Gasteiger partial charge in [-0.1, -0.05) is 31.5 Å². The van der Waals surface area contributed by atoms with Crippen molar-refractivity contribution < 1.29 is 15.0 Å². The maximum atomic E-state index is 12.9. The smallest absolute Gasteiger partial charge is 0.258 e. The molecule has 0 atom stereocenters. The number of rotatable bonds is 4. The summed E-state index contributed by atoms with van der Waals surface area (Å²) in [5, 5.41) is 20.8. The van der Waals surface area contributed by atoms with Crippen LogP contribution in [-0.2, 0) is 6.54 Å². The van der Waals surface area contributed by atoms with Gasteiger partial charge in [0.25, 0.3) is 5.56 Å². The molecule has 1 heterocycles. The molecular formula is C22H19NO4. The van der Waals surface area contributed by atoms with Crippen molar-refractivity contribution in [2.75, 3.05) is 0 Å². The Morgan fingerprint density at radius 3 is 2.44 bits per heavy atom. The Morgan fingerprint density at radius 2 is 1.74 bits per heavy atom. The lowest BCUT2D eigenvalue weighted by molar-refractivity contribution is 0.0981. The fraction of sp³-hybridized carbons (Fsp3) is 0.182. The second-order valence-electron chi connectivity index (χ2n) is 6.75. The van der Waals surface area contributed by atoms with Crippen LogP contribution in [0.5, 0.6) is 5.75 Å². The summed E-state index contributed by atoms with van der Waals surface area (Å²) in [5.74, 6) is -0.709. The van der Waals surface area contributed by atoms with Crippen molar-refractivity contribution in [3.8, 4) is 16.9 Å². The number of aromatic nitrogens is 1. The topological polar surface area (TPSA) is 79.5 Å². The third-order valence-corrected chi connectivity index (χ3v) is 4.96. The first kappa shape index (κ1) is 17.1. The van der Waals surface area contributed by atoms with Crippen molar-refractivity contribution in [1.82, 2.24) is 4.57 Å². The molecule has 0 bridgehead atoms. The number of nitrogens with zero attached hydrogens (tertiary/aromatic N) is 1. The molecule has 0 fully saturated rings. The largest absolute Gasteiger partial charge is 0.508 e. The van der Waals surface area contributed by atoms with E-state index in [1.54, 1.807) is 47.2 Å². The third kappa shape index (κ3) is 2.72. The number of phenolic OH excluding ortho intramolecular Hbond substituents is 1. The van der Waals surface area contributed by atoms with Crippen molar-refractivity contribution in [3.05, 3.63) is 69.8 Å². The zero-order chi connectivity index (χ0) is 19.1. The number of aliphatic hydroxyl groups excluding tert-OH is 1. The van der Waals surface area contributed by atoms with Crippen molar-refractivity contribution in [2.24, 2.45) is 0 Å². The lowest BCUT2D eigenvalue weighted by atomic mass is 9.86. The fourth-order valence-corrected chi connectivity index (χ4v) is 3.59. The summed E-state index contributed by atoms with van der Waals surface area (Å²) in [6, 6.07) is 9.96. The van der Waals surface area contributed by atoms with Gasteiger partial charge in [0.2, 0.25) is 5.78 Å². The molecule has 5 nitrogen and oxygen atoms in total. The number of ketones is 1. The molecule has 5 heteroatoms. The monoisotopic (exact) mass is 361 g/mol. The fourth-order valence-electron chi connectivity index (χ4n) is 3.59. The van der Waals surface area contributed by atoms with Crippen LogP contribution in [0.4, 0.5) is 0 Å². The highest BCUT2D eigenvalue weighted by Crippen LogP contribution is 2.36. The second kappa shape index (κ2) is 6.43. The third-order valence-electron chi connectivity index (χ3n) is 4.96. The van der Waals surface area contributed by atoms with E-state index in [-0.39, 0.29) is 17.1 Å². The van der Waals surface area contributed by atoms with Crippen LogP contribution >= 0.6 is 0 Å². The SMILES string of the molecule is CCCCn1cc2c3c(c(-c4ccc(O)cc4)ccc3c1=O)C(=O)C(O)=C2. The molecular weight excluding hydrogens is 342 g/mol. The van der Waals surface area contributed by atoms with Crippen LogP contribution in [0.3, 0.4) is 0 Å². The number of aromatic hydroxyl groups is 1. The zero-order valence-corrected chi connectivity index (χ0v) is 14.9. The van der Waals surface area contributed by atoms with Gasteiger partial charge in [0.1, 0.15) is 5.75 Å². The van der Waals surface area contributed by atoms with E-state index in [1.807, 2.05) is 0 Å². The highest BCUT2D eigenvalue weighted by Gasteiger charge is 2.27. The maximum absolute atomic E-state index is 12.9. The Hall–Kier alpha value is -3.34. The number of Topliss-reactive ketones (excluding diaryl/α,β-unsaturated/α-hetero) is 1. The minimum atomic E-state index is -0.498. The van der Waals surface area contributed by atoms with E-state index in [0.717, 1.165) is 18.4 Å². The lowest BCUT2D eigenvalue weighted by Crippen LogP contribution is -2.23. The number of carbonyl (C=O) groups excluding carboxylic acids is 1. The number of unbranched alkanes of at least 4 members (excludes halogenated alkanes) is 1. The Balaban J connectivity index is 2.05. The van der Waals surface area contributed by atoms with Crippen LogP contribution in [0.25, 0.3) is 28.0 Å². The highest BCUT2D eigenvalue weighted by molar-refractivity contribution is 6.24. The molecule has 4 rings (SSSR count). The summed E-state index contributed by atoms with van der Waals surface area (Å²) < 4.78 is 1.64. The average molecular weight is 361 g/mol. The van der Waals surface area contributed by atoms with Crippen LogP contribution in [0.2, 0.25) is 0 Å². The molecule has 1 aliphatic rings. The lowest BCUT2D eigenvalue weighted by Gasteiger charge is -2.19. The van der Waals surface area contributed by atoms with Crippen LogP contribution in [0.1, 0.15) is 35.7 Å². The van der Waals surface area contributed by atoms with Crippen molar-refractivity contribution in [1.29, 1.82) is 0 Å². The Morgan fingerprint density at radius 1 is 1.00 bits per heavy atom. The van der Waals surface area contributed by atoms with Crippen molar-refractivity contribution >= 4 is 22.6 Å². The first-order valence-electron chi connectivity index (χ1n) is 8.96. The van der Waals surface area contributed by atoms with Crippen LogP contribution in [0, 0.1) is 0 Å². The number of aryl methyl sites for hydroxylation is 1. The van der Waals surface area contributed by atoms with Gasteiger partial charge < -0.3 is 14.8 Å². The quantitative estimate of drug-likeness (QED) is 0.727. The number of hydrogen-bond acceptors (Lipinski definition) is 4. The molecule has 0 aliphatic heterocycles. The molecule has 1 aromatic heterocycles. The van der Waals surface area contributed by atoms with Crippen molar-refractivity contribution in [2.45, 2.75) is 26.3 Å². The summed E-state index contributed by atoms with van der Waals surface area (Å²) in [5.41, 5.74) is 2.21. The molecule has 0 radical (unpaired) electrons. The predicted octanol–water partition coefficient (Wildman–Crippen LogP) is 4.27. The van der Waals surface area contributed by atoms with E-state index in [1.165, 1.54) is 6.08 Å². The van der Waals surface area contributed by atoms with E-state index in [9.17, 15) is 19.8 Å². The summed E-state index contributed by atoms with van der Waals surface area (Å²) in [6.45, 7) is 2.65. The van der Waals surface area contributed by atoms with E-state index in [4.69, 9.17) is 0 Å². The molecule has 1 aliphatic carbocycles. The van der Waals surface area contributed by atoms with Gasteiger partial charge in [0.15, 0.2) is 5.76 Å². The summed E-state index contributed by atoms with van der Waals surface area (Å²) >= 11 is 0. The summed E-state index contributed by atoms with van der Waals surface area (Å²) in [6.07, 6.45) is 4.98. The molecule has 27 heavy (non-hydrogen) atoms. The first-order chi connectivity index (χ1) is 13.0. The Labute approximate surface area is 155 Å². The van der Waals surface area contributed by atoms with Gasteiger partial charge in [-0.3, -0.25) is 9.59 Å². The summed E-state index contributed by atoms with van der Waals surface area (Å²) in [4.78, 5) is 25.7. The zero-order valence-electron chi connectivity index (χ0n) is 14.9. The van der Waals surface area contributed by atoms with E-state index >= 15 is 0 Å². The van der Waals surface area contributed by atoms with Gasteiger partial charge >= 0.3 is 0 Å². The molecule has 2 aromatic carbocycles. The van der Waals surface area contributed by atoms with Gasteiger partial charge in [-0.25, -0.2) is 0 Å². The Bertz CT molecular complexity index is 1150. The molecule has 0 saturated heterocycles. The maximum Gasteiger partial charge on any atom is 0.258 e. The standard InChI is InChI=1S/C22H19NO4/c1-2-3-10-23-12-14-11-18(25)21(26)20-16(13-4-6-15(24)7-5-13)8-9-17(19(14)20)22(23)27/h4-9,11-12,24-25H,2-3,10H2,1H3. The number of phenols is 1. The summed E-state index contributed by atoms with van der Waals surface area (Å²) in [7, 11) is 0. The molecule has 0 amide bonds. The number of pyridine rings is 1. The van der Waals surface area contributed by atoms with E-state index in [2.05, 4.69) is 6.92 Å². The molecule has 136 valence electrons. The first-order valence-corrected chi connectivity index (χ1v) is 8.96. The van der Waals surface area contributed by atoms with Crippen molar-refractivity contribution in [3.63, 3.8) is 0 Å². The molecule has 0 unspecified atom stereocenters. The van der Waals surface area contributed by atoms with Gasteiger partial charge in [0, 0.05) is 34.6 Å². The molecule has 0 saturated carbocycles. The minimum Gasteiger partial charge on any atom is -0.508 e. The van der Waals surface area contributed by atoms with Crippen LogP contribution in [0.15, 0.2) is 53.1 Å². The normalized spacial score (nSPS) is 13.1. The number of aliphatic hydroxyl groups is 1. The number of benzene rings is 2. The molecule has 2 N–H and O–H groups in total. The average Bonchev–Trinajstić information content (AvgIpc) is 2.67. The van der Waals surface area contributed by atoms with Gasteiger partial charge in [-0.15, -0.1) is 0 Å². The number of allylic oxidation sites excluding steroid dienone is 1. The molecule has 0 spiro atoms. The van der Waals surface area contributed by atoms with Crippen LogP contribution in [-0.4, -0.2) is 20.6 Å². The second-order valence-corrected chi connectivity index (χ2v) is 6.75. The minimum absolute atomic E-state index is 0.127. The Kier molecular flexibility index (Phi) is 4.07. The van der Waals surface area contributed by atoms with Gasteiger partial charge in [-0.05, 0) is 41.8 Å². The van der Waals surface area contributed by atoms with E-state index in [0.29, 0.717) is 34.0 Å². The van der Waals surface area contributed by atoms with Crippen LogP contribution < -0.4 is 5.56 Å². The predicted molar refractivity (Wildman–Crippen MR) is 105 cm³/mol. The van der Waals surface area contributed by atoms with Gasteiger partial charge in [-0.2, -0.15) is 0 Å². The number of carbonyl (C=O) groups is 1. The van der Waals surface area contributed by atoms with Gasteiger partial charge in [0.05, 0.1) is 0 Å². The van der Waals surface area contributed by atoms with E-state index < -0.39 is 5.78 Å². The highest BCUT2D eigenvalue weighted by atomic mass is 16.3.